The van der Waals surface area contributed by atoms with Crippen molar-refractivity contribution in [1.29, 1.82) is 0 Å². The average Bonchev–Trinajstić information content (AvgIpc) is 3.26. The second kappa shape index (κ2) is 9.90. The van der Waals surface area contributed by atoms with E-state index in [9.17, 15) is 18.0 Å². The first-order valence-electron chi connectivity index (χ1n) is 9.71. The SMILES string of the molecule is COc1ccc(S(=O)(=O)N2CCOC2CNC(=O)C(=O)NCc2ccccc2)cc1C. The van der Waals surface area contributed by atoms with E-state index in [0.29, 0.717) is 11.3 Å². The topological polar surface area (TPSA) is 114 Å². The van der Waals surface area contributed by atoms with Crippen molar-refractivity contribution in [3.05, 3.63) is 59.7 Å². The fourth-order valence-electron chi connectivity index (χ4n) is 3.21. The average molecular weight is 448 g/mol. The Hall–Kier alpha value is -2.95. The highest BCUT2D eigenvalue weighted by molar-refractivity contribution is 7.89. The van der Waals surface area contributed by atoms with E-state index >= 15 is 0 Å². The van der Waals surface area contributed by atoms with Crippen LogP contribution in [-0.2, 0) is 30.9 Å². The minimum Gasteiger partial charge on any atom is -0.496 e. The van der Waals surface area contributed by atoms with E-state index in [-0.39, 0.29) is 31.1 Å². The Kier molecular flexibility index (Phi) is 7.26. The van der Waals surface area contributed by atoms with Gasteiger partial charge in [-0.25, -0.2) is 8.42 Å². The summed E-state index contributed by atoms with van der Waals surface area (Å²) in [4.78, 5) is 24.2. The number of carbonyl (C=O) groups is 2. The molecule has 0 spiro atoms. The van der Waals surface area contributed by atoms with Crippen LogP contribution in [0.4, 0.5) is 0 Å². The highest BCUT2D eigenvalue weighted by Gasteiger charge is 2.37. The number of amides is 2. The summed E-state index contributed by atoms with van der Waals surface area (Å²) >= 11 is 0. The Bertz CT molecular complexity index is 1040. The number of sulfonamides is 1. The second-order valence-electron chi connectivity index (χ2n) is 6.95. The third-order valence-corrected chi connectivity index (χ3v) is 6.74. The lowest BCUT2D eigenvalue weighted by Crippen LogP contribution is -2.47. The maximum absolute atomic E-state index is 13.0. The van der Waals surface area contributed by atoms with Crippen molar-refractivity contribution in [1.82, 2.24) is 14.9 Å². The first-order chi connectivity index (χ1) is 14.8. The quantitative estimate of drug-likeness (QED) is 0.607. The maximum Gasteiger partial charge on any atom is 0.309 e. The number of methoxy groups -OCH3 is 1. The zero-order valence-electron chi connectivity index (χ0n) is 17.3. The standard InChI is InChI=1S/C21H25N3O6S/c1-15-12-17(8-9-18(15)29-2)31(27,28)24-10-11-30-19(24)14-23-21(26)20(25)22-13-16-6-4-3-5-7-16/h3-9,12,19H,10-11,13-14H2,1-2H3,(H,22,25)(H,23,26). The zero-order chi connectivity index (χ0) is 22.4. The Balaban J connectivity index is 1.59. The normalized spacial score (nSPS) is 16.6. The lowest BCUT2D eigenvalue weighted by molar-refractivity contribution is -0.139. The van der Waals surface area contributed by atoms with Crippen LogP contribution in [0.5, 0.6) is 5.75 Å². The van der Waals surface area contributed by atoms with Gasteiger partial charge in [0.15, 0.2) is 0 Å². The number of ether oxygens (including phenoxy) is 2. The van der Waals surface area contributed by atoms with Gasteiger partial charge < -0.3 is 20.1 Å². The number of nitrogens with one attached hydrogen (secondary N) is 2. The van der Waals surface area contributed by atoms with Gasteiger partial charge in [-0.05, 0) is 36.2 Å². The van der Waals surface area contributed by atoms with E-state index in [1.165, 1.54) is 23.5 Å². The van der Waals surface area contributed by atoms with E-state index in [1.807, 2.05) is 30.3 Å². The van der Waals surface area contributed by atoms with Crippen LogP contribution >= 0.6 is 0 Å². The molecule has 10 heteroatoms. The smallest absolute Gasteiger partial charge is 0.309 e. The summed E-state index contributed by atoms with van der Waals surface area (Å²) in [5, 5.41) is 4.96. The summed E-state index contributed by atoms with van der Waals surface area (Å²) in [5.41, 5.74) is 1.54. The van der Waals surface area contributed by atoms with Crippen molar-refractivity contribution in [2.24, 2.45) is 0 Å². The molecule has 2 amide bonds. The summed E-state index contributed by atoms with van der Waals surface area (Å²) < 4.78 is 37.9. The molecule has 1 unspecified atom stereocenters. The summed E-state index contributed by atoms with van der Waals surface area (Å²) in [7, 11) is -2.34. The van der Waals surface area contributed by atoms with Gasteiger partial charge in [-0.3, -0.25) is 9.59 Å². The molecule has 1 aliphatic rings. The number of hydrogen-bond donors (Lipinski definition) is 2. The monoisotopic (exact) mass is 447 g/mol. The van der Waals surface area contributed by atoms with E-state index < -0.39 is 28.1 Å². The number of benzene rings is 2. The molecule has 1 saturated heterocycles. The molecule has 166 valence electrons. The molecule has 2 N–H and O–H groups in total. The second-order valence-corrected chi connectivity index (χ2v) is 8.84. The van der Waals surface area contributed by atoms with Crippen LogP contribution in [0, 0.1) is 6.92 Å². The van der Waals surface area contributed by atoms with Gasteiger partial charge in [0.2, 0.25) is 10.0 Å². The molecule has 9 nitrogen and oxygen atoms in total. The van der Waals surface area contributed by atoms with Crippen LogP contribution in [0.2, 0.25) is 0 Å². The molecule has 31 heavy (non-hydrogen) atoms. The predicted molar refractivity (Wildman–Crippen MR) is 113 cm³/mol. The lowest BCUT2D eigenvalue weighted by Gasteiger charge is -2.23. The van der Waals surface area contributed by atoms with Gasteiger partial charge in [0.25, 0.3) is 0 Å². The minimum absolute atomic E-state index is 0.105. The summed E-state index contributed by atoms with van der Waals surface area (Å²) in [6, 6.07) is 13.8. The van der Waals surface area contributed by atoms with Crippen LogP contribution < -0.4 is 15.4 Å². The summed E-state index contributed by atoms with van der Waals surface area (Å²) in [6.45, 7) is 2.16. The third kappa shape index (κ3) is 5.40. The van der Waals surface area contributed by atoms with Crippen molar-refractivity contribution < 1.29 is 27.5 Å². The Labute approximate surface area is 181 Å². The van der Waals surface area contributed by atoms with E-state index in [1.54, 1.807) is 13.0 Å². The highest BCUT2D eigenvalue weighted by atomic mass is 32.2. The van der Waals surface area contributed by atoms with Gasteiger partial charge in [-0.1, -0.05) is 30.3 Å². The van der Waals surface area contributed by atoms with Crippen molar-refractivity contribution in [3.63, 3.8) is 0 Å². The van der Waals surface area contributed by atoms with Gasteiger partial charge in [0.1, 0.15) is 12.0 Å². The van der Waals surface area contributed by atoms with Gasteiger partial charge in [0.05, 0.1) is 25.2 Å². The van der Waals surface area contributed by atoms with Crippen LogP contribution in [0.25, 0.3) is 0 Å². The zero-order valence-corrected chi connectivity index (χ0v) is 18.1. The summed E-state index contributed by atoms with van der Waals surface area (Å²) in [6.07, 6.45) is -0.904. The largest absolute Gasteiger partial charge is 0.496 e. The number of rotatable bonds is 7. The minimum atomic E-state index is -3.85. The van der Waals surface area contributed by atoms with Gasteiger partial charge in [-0.15, -0.1) is 0 Å². The van der Waals surface area contributed by atoms with Crippen molar-refractivity contribution in [2.45, 2.75) is 24.6 Å². The molecule has 1 heterocycles. The molecular formula is C21H25N3O6S. The lowest BCUT2D eigenvalue weighted by atomic mass is 10.2. The van der Waals surface area contributed by atoms with Crippen LogP contribution in [0.3, 0.4) is 0 Å². The van der Waals surface area contributed by atoms with Gasteiger partial charge in [0, 0.05) is 13.1 Å². The van der Waals surface area contributed by atoms with Crippen molar-refractivity contribution in [3.8, 4) is 5.75 Å². The van der Waals surface area contributed by atoms with Crippen LogP contribution in [0.15, 0.2) is 53.4 Å². The molecule has 1 aliphatic heterocycles. The van der Waals surface area contributed by atoms with Crippen molar-refractivity contribution in [2.75, 3.05) is 26.8 Å². The van der Waals surface area contributed by atoms with Crippen molar-refractivity contribution >= 4 is 21.8 Å². The molecule has 0 aliphatic carbocycles. The molecule has 0 radical (unpaired) electrons. The third-order valence-electron chi connectivity index (χ3n) is 4.86. The van der Waals surface area contributed by atoms with E-state index in [2.05, 4.69) is 10.6 Å². The molecule has 0 saturated carbocycles. The Morgan fingerprint density at radius 1 is 1.13 bits per heavy atom. The molecule has 1 fully saturated rings. The van der Waals surface area contributed by atoms with Crippen LogP contribution in [0.1, 0.15) is 11.1 Å². The molecule has 2 aromatic rings. The molecular weight excluding hydrogens is 422 g/mol. The predicted octanol–water partition coefficient (Wildman–Crippen LogP) is 0.783. The number of carbonyl (C=O) groups excluding carboxylic acids is 2. The molecule has 2 aromatic carbocycles. The molecule has 3 rings (SSSR count). The number of aryl methyl sites for hydroxylation is 1. The summed E-state index contributed by atoms with van der Waals surface area (Å²) in [5.74, 6) is -1.08. The Morgan fingerprint density at radius 3 is 2.52 bits per heavy atom. The highest BCUT2D eigenvalue weighted by Crippen LogP contribution is 2.26. The maximum atomic E-state index is 13.0. The fourth-order valence-corrected chi connectivity index (χ4v) is 4.80. The molecule has 1 atom stereocenters. The van der Waals surface area contributed by atoms with E-state index in [4.69, 9.17) is 9.47 Å². The molecule has 0 aromatic heterocycles. The number of hydrogen-bond acceptors (Lipinski definition) is 6. The van der Waals surface area contributed by atoms with Gasteiger partial charge in [-0.2, -0.15) is 4.31 Å². The first-order valence-corrected chi connectivity index (χ1v) is 11.1. The van der Waals surface area contributed by atoms with Gasteiger partial charge >= 0.3 is 11.8 Å². The van der Waals surface area contributed by atoms with E-state index in [0.717, 1.165) is 5.56 Å². The van der Waals surface area contributed by atoms with Crippen LogP contribution in [-0.4, -0.2) is 57.6 Å². The molecule has 0 bridgehead atoms. The fraction of sp³-hybridized carbons (Fsp3) is 0.333. The Morgan fingerprint density at radius 2 is 1.84 bits per heavy atom. The first kappa shape index (κ1) is 22.7. The number of nitrogens with zero attached hydrogens (tertiary/aromatic N) is 1.